The van der Waals surface area contributed by atoms with E-state index in [9.17, 15) is 4.79 Å². The second-order valence-electron chi connectivity index (χ2n) is 6.60. The maximum Gasteiger partial charge on any atom is 0.220 e. The lowest BCUT2D eigenvalue weighted by Gasteiger charge is -2.30. The van der Waals surface area contributed by atoms with Crippen molar-refractivity contribution < 1.29 is 14.3 Å². The monoisotopic (exact) mass is 282 g/mol. The number of ether oxygens (including phenoxy) is 2. The van der Waals surface area contributed by atoms with Crippen LogP contribution in [0.4, 0.5) is 0 Å². The molecule has 2 saturated heterocycles. The molecule has 0 spiro atoms. The molecule has 1 aliphatic carbocycles. The summed E-state index contributed by atoms with van der Waals surface area (Å²) < 4.78 is 10.7. The molecule has 3 aliphatic rings. The number of nitrogens with one attached hydrogen (secondary N) is 1. The molecule has 3 fully saturated rings. The first-order valence-electron chi connectivity index (χ1n) is 7.90. The van der Waals surface area contributed by atoms with E-state index in [2.05, 4.69) is 10.2 Å². The van der Waals surface area contributed by atoms with Gasteiger partial charge in [-0.1, -0.05) is 0 Å². The van der Waals surface area contributed by atoms with Gasteiger partial charge in [0, 0.05) is 51.2 Å². The molecule has 0 aromatic rings. The quantitative estimate of drug-likeness (QED) is 0.777. The molecule has 0 aromatic carbocycles. The highest BCUT2D eigenvalue weighted by Gasteiger charge is 2.44. The van der Waals surface area contributed by atoms with Crippen molar-refractivity contribution in [2.75, 3.05) is 52.6 Å². The van der Waals surface area contributed by atoms with E-state index in [4.69, 9.17) is 9.47 Å². The van der Waals surface area contributed by atoms with Gasteiger partial charge >= 0.3 is 0 Å². The van der Waals surface area contributed by atoms with Crippen LogP contribution in [0.15, 0.2) is 0 Å². The molecule has 0 aromatic heterocycles. The Balaban J connectivity index is 1.37. The third kappa shape index (κ3) is 3.93. The summed E-state index contributed by atoms with van der Waals surface area (Å²) in [5.74, 6) is 0.637. The van der Waals surface area contributed by atoms with Crippen molar-refractivity contribution >= 4 is 5.91 Å². The molecule has 5 nitrogen and oxygen atoms in total. The van der Waals surface area contributed by atoms with Gasteiger partial charge in [0.2, 0.25) is 5.91 Å². The van der Waals surface area contributed by atoms with Crippen molar-refractivity contribution in [2.45, 2.75) is 25.7 Å². The van der Waals surface area contributed by atoms with Crippen molar-refractivity contribution in [3.05, 3.63) is 0 Å². The Morgan fingerprint density at radius 2 is 2.00 bits per heavy atom. The number of morpholine rings is 1. The first-order chi connectivity index (χ1) is 9.76. The summed E-state index contributed by atoms with van der Waals surface area (Å²) >= 11 is 0. The van der Waals surface area contributed by atoms with Crippen LogP contribution in [0.25, 0.3) is 0 Å². The van der Waals surface area contributed by atoms with Crippen LogP contribution in [-0.4, -0.2) is 63.4 Å². The molecular formula is C15H26N2O3. The fraction of sp³-hybridized carbons (Fsp3) is 0.933. The van der Waals surface area contributed by atoms with Gasteiger partial charge in [0.1, 0.15) is 0 Å². The van der Waals surface area contributed by atoms with Gasteiger partial charge in [-0.15, -0.1) is 0 Å². The average molecular weight is 282 g/mol. The molecule has 1 atom stereocenters. The van der Waals surface area contributed by atoms with Crippen molar-refractivity contribution in [1.82, 2.24) is 10.2 Å². The fourth-order valence-corrected chi connectivity index (χ4v) is 3.17. The molecule has 0 unspecified atom stereocenters. The number of carbonyl (C=O) groups is 1. The first-order valence-corrected chi connectivity index (χ1v) is 7.90. The number of rotatable bonds is 6. The Labute approximate surface area is 121 Å². The van der Waals surface area contributed by atoms with Crippen LogP contribution in [0, 0.1) is 11.3 Å². The minimum Gasteiger partial charge on any atom is -0.381 e. The summed E-state index contributed by atoms with van der Waals surface area (Å²) in [6.07, 6.45) is 4.16. The van der Waals surface area contributed by atoms with Crippen molar-refractivity contribution in [3.8, 4) is 0 Å². The van der Waals surface area contributed by atoms with Crippen LogP contribution in [0.3, 0.4) is 0 Å². The maximum absolute atomic E-state index is 12.0. The second-order valence-corrected chi connectivity index (χ2v) is 6.60. The number of carbonyl (C=O) groups excluding carboxylic acids is 1. The van der Waals surface area contributed by atoms with E-state index in [0.29, 0.717) is 17.8 Å². The van der Waals surface area contributed by atoms with Crippen LogP contribution >= 0.6 is 0 Å². The minimum atomic E-state index is 0.203. The maximum atomic E-state index is 12.0. The Morgan fingerprint density at radius 1 is 1.20 bits per heavy atom. The molecule has 0 radical (unpaired) electrons. The predicted molar refractivity (Wildman–Crippen MR) is 75.5 cm³/mol. The fourth-order valence-electron chi connectivity index (χ4n) is 3.17. The van der Waals surface area contributed by atoms with E-state index in [1.165, 1.54) is 12.8 Å². The van der Waals surface area contributed by atoms with Crippen LogP contribution in [-0.2, 0) is 14.3 Å². The van der Waals surface area contributed by atoms with Gasteiger partial charge in [-0.3, -0.25) is 9.69 Å². The summed E-state index contributed by atoms with van der Waals surface area (Å²) in [5.41, 5.74) is 0.346. The topological polar surface area (TPSA) is 50.8 Å². The zero-order chi connectivity index (χ0) is 13.8. The molecule has 1 N–H and O–H groups in total. The summed E-state index contributed by atoms with van der Waals surface area (Å²) in [4.78, 5) is 14.4. The third-order valence-corrected chi connectivity index (χ3v) is 4.78. The van der Waals surface area contributed by atoms with Crippen LogP contribution in [0.1, 0.15) is 25.7 Å². The molecule has 1 amide bonds. The SMILES string of the molecule is O=C(C[C@@H]1CCOC1)NCC1(CN2CCOCC2)CC1. The van der Waals surface area contributed by atoms with Gasteiger partial charge < -0.3 is 14.8 Å². The Bertz CT molecular complexity index is 332. The Kier molecular flexibility index (Phi) is 4.58. The third-order valence-electron chi connectivity index (χ3n) is 4.78. The minimum absolute atomic E-state index is 0.203. The lowest BCUT2D eigenvalue weighted by Crippen LogP contribution is -2.43. The Morgan fingerprint density at radius 3 is 2.65 bits per heavy atom. The van der Waals surface area contributed by atoms with Gasteiger partial charge in [-0.2, -0.15) is 0 Å². The largest absolute Gasteiger partial charge is 0.381 e. The molecule has 2 heterocycles. The van der Waals surface area contributed by atoms with E-state index in [1.54, 1.807) is 0 Å². The van der Waals surface area contributed by atoms with Crippen LogP contribution in [0.2, 0.25) is 0 Å². The lowest BCUT2D eigenvalue weighted by atomic mass is 10.0. The number of hydrogen-bond acceptors (Lipinski definition) is 4. The van der Waals surface area contributed by atoms with Crippen molar-refractivity contribution in [2.24, 2.45) is 11.3 Å². The van der Waals surface area contributed by atoms with Gasteiger partial charge in [0.05, 0.1) is 13.2 Å². The van der Waals surface area contributed by atoms with Gasteiger partial charge in [-0.05, 0) is 25.2 Å². The van der Waals surface area contributed by atoms with Gasteiger partial charge in [0.25, 0.3) is 0 Å². The van der Waals surface area contributed by atoms with Crippen LogP contribution < -0.4 is 5.32 Å². The molecule has 20 heavy (non-hydrogen) atoms. The summed E-state index contributed by atoms with van der Waals surface area (Å²) in [5, 5.41) is 3.15. The molecule has 1 saturated carbocycles. The highest BCUT2D eigenvalue weighted by molar-refractivity contribution is 5.76. The van der Waals surface area contributed by atoms with E-state index in [1.807, 2.05) is 0 Å². The zero-order valence-corrected chi connectivity index (χ0v) is 12.2. The Hall–Kier alpha value is -0.650. The lowest BCUT2D eigenvalue weighted by molar-refractivity contribution is -0.122. The average Bonchev–Trinajstić information content (AvgIpc) is 3.03. The van der Waals surface area contributed by atoms with Crippen LogP contribution in [0.5, 0.6) is 0 Å². The standard InChI is InChI=1S/C15H26N2O3/c18-14(9-13-1-6-20-10-13)16-11-15(2-3-15)12-17-4-7-19-8-5-17/h13H,1-12H2,(H,16,18)/t13-/m0/s1. The van der Waals surface area contributed by atoms with E-state index < -0.39 is 0 Å². The summed E-state index contributed by atoms with van der Waals surface area (Å²) in [6, 6.07) is 0. The normalized spacial score (nSPS) is 29.3. The predicted octanol–water partition coefficient (Wildman–Crippen LogP) is 0.642. The molecule has 114 valence electrons. The first kappa shape index (κ1) is 14.3. The summed E-state index contributed by atoms with van der Waals surface area (Å²) in [7, 11) is 0. The van der Waals surface area contributed by atoms with E-state index >= 15 is 0 Å². The molecule has 2 aliphatic heterocycles. The van der Waals surface area contributed by atoms with Gasteiger partial charge in [-0.25, -0.2) is 0 Å². The molecular weight excluding hydrogens is 256 g/mol. The highest BCUT2D eigenvalue weighted by Crippen LogP contribution is 2.45. The smallest absolute Gasteiger partial charge is 0.220 e. The second kappa shape index (κ2) is 6.41. The zero-order valence-electron chi connectivity index (χ0n) is 12.2. The highest BCUT2D eigenvalue weighted by atomic mass is 16.5. The molecule has 5 heteroatoms. The molecule has 0 bridgehead atoms. The number of nitrogens with zero attached hydrogens (tertiary/aromatic N) is 1. The number of amides is 1. The van der Waals surface area contributed by atoms with Crippen molar-refractivity contribution in [3.63, 3.8) is 0 Å². The summed E-state index contributed by atoms with van der Waals surface area (Å²) in [6.45, 7) is 7.31. The van der Waals surface area contributed by atoms with Gasteiger partial charge in [0.15, 0.2) is 0 Å². The molecule has 3 rings (SSSR count). The number of hydrogen-bond donors (Lipinski definition) is 1. The van der Waals surface area contributed by atoms with Crippen molar-refractivity contribution in [1.29, 1.82) is 0 Å². The van der Waals surface area contributed by atoms with E-state index in [0.717, 1.165) is 59.0 Å². The van der Waals surface area contributed by atoms with E-state index in [-0.39, 0.29) is 5.91 Å².